The molecule has 0 radical (unpaired) electrons. The van der Waals surface area contributed by atoms with E-state index in [9.17, 15) is 18.7 Å². The number of nitrogens with zero attached hydrogens (tertiary/aromatic N) is 4. The summed E-state index contributed by atoms with van der Waals surface area (Å²) in [5.74, 6) is -1.49. The average Bonchev–Trinajstić information content (AvgIpc) is 3.30. The third-order valence-electron chi connectivity index (χ3n) is 5.35. The molecular formula is C24H22N5O4S-. The third-order valence-corrected chi connectivity index (χ3v) is 6.06. The Kier molecular flexibility index (Phi) is 6.71. The summed E-state index contributed by atoms with van der Waals surface area (Å²) in [5, 5.41) is 9.74. The Morgan fingerprint density at radius 2 is 1.74 bits per heavy atom. The number of hydrogen-bond donors (Lipinski definition) is 2. The summed E-state index contributed by atoms with van der Waals surface area (Å²) in [7, 11) is 0. The van der Waals surface area contributed by atoms with Crippen LogP contribution in [0.1, 0.15) is 22.7 Å². The van der Waals surface area contributed by atoms with E-state index in [1.54, 1.807) is 65.5 Å². The van der Waals surface area contributed by atoms with Gasteiger partial charge < -0.3 is 20.0 Å². The highest BCUT2D eigenvalue weighted by molar-refractivity contribution is 7.81. The number of pyridine rings is 1. The minimum atomic E-state index is -2.51. The Labute approximate surface area is 198 Å². The largest absolute Gasteiger partial charge is 0.755 e. The van der Waals surface area contributed by atoms with Crippen LogP contribution >= 0.6 is 0 Å². The fourth-order valence-corrected chi connectivity index (χ4v) is 4.12. The van der Waals surface area contributed by atoms with Crippen LogP contribution in [0.2, 0.25) is 0 Å². The molecule has 0 bridgehead atoms. The Hall–Kier alpha value is -4.02. The SMILES string of the molecule is Cc1ccc(N(c2ccc(-n3cnc(C(Cc4ccc(N)nc4)C(=O)O)c3)cc2)S(=O)[O-])cc1. The van der Waals surface area contributed by atoms with E-state index in [0.29, 0.717) is 28.6 Å². The number of hydrogen-bond acceptors (Lipinski definition) is 6. The molecule has 34 heavy (non-hydrogen) atoms. The molecule has 2 aromatic heterocycles. The average molecular weight is 477 g/mol. The van der Waals surface area contributed by atoms with Crippen molar-refractivity contribution in [2.45, 2.75) is 19.3 Å². The van der Waals surface area contributed by atoms with Gasteiger partial charge in [0.2, 0.25) is 0 Å². The van der Waals surface area contributed by atoms with E-state index in [2.05, 4.69) is 9.97 Å². The standard InChI is InChI=1S/C24H23N5O4S/c1-16-2-5-19(6-3-16)29(34(32)33)20-9-7-18(8-10-20)28-14-22(27-15-28)21(24(30)31)12-17-4-11-23(25)26-13-17/h2-11,13-15,21H,12H2,1H3,(H2,25,26)(H,30,31)(H,32,33)/p-1. The van der Waals surface area contributed by atoms with Crippen molar-refractivity contribution in [1.29, 1.82) is 0 Å². The van der Waals surface area contributed by atoms with E-state index in [1.165, 1.54) is 10.6 Å². The molecule has 2 aromatic carbocycles. The van der Waals surface area contributed by atoms with Gasteiger partial charge in [-0.2, -0.15) is 0 Å². The highest BCUT2D eigenvalue weighted by atomic mass is 32.2. The number of aromatic nitrogens is 3. The predicted molar refractivity (Wildman–Crippen MR) is 129 cm³/mol. The monoisotopic (exact) mass is 476 g/mol. The number of benzene rings is 2. The maximum absolute atomic E-state index is 11.9. The van der Waals surface area contributed by atoms with Gasteiger partial charge in [0.05, 0.1) is 34.7 Å². The maximum atomic E-state index is 11.9. The van der Waals surface area contributed by atoms with E-state index < -0.39 is 23.2 Å². The van der Waals surface area contributed by atoms with E-state index in [4.69, 9.17) is 5.73 Å². The van der Waals surface area contributed by atoms with Gasteiger partial charge in [-0.3, -0.25) is 13.3 Å². The summed E-state index contributed by atoms with van der Waals surface area (Å²) in [6.45, 7) is 1.93. The zero-order valence-corrected chi connectivity index (χ0v) is 19.1. The normalized spacial score (nSPS) is 12.8. The zero-order chi connectivity index (χ0) is 24.2. The molecule has 0 spiro atoms. The number of aryl methyl sites for hydroxylation is 1. The lowest BCUT2D eigenvalue weighted by Gasteiger charge is -2.26. The van der Waals surface area contributed by atoms with Gasteiger partial charge >= 0.3 is 5.97 Å². The Bertz CT molecular complexity index is 1300. The first-order valence-electron chi connectivity index (χ1n) is 10.4. The molecule has 0 aliphatic heterocycles. The quantitative estimate of drug-likeness (QED) is 0.371. The molecule has 2 heterocycles. The summed E-state index contributed by atoms with van der Waals surface area (Å²) < 4.78 is 26.7. The van der Waals surface area contributed by atoms with Gasteiger partial charge in [0, 0.05) is 18.1 Å². The Morgan fingerprint density at radius 1 is 1.09 bits per heavy atom. The first-order chi connectivity index (χ1) is 16.3. The lowest BCUT2D eigenvalue weighted by molar-refractivity contribution is -0.138. The molecule has 0 fully saturated rings. The van der Waals surface area contributed by atoms with E-state index >= 15 is 0 Å². The van der Waals surface area contributed by atoms with Gasteiger partial charge in [-0.05, 0) is 61.4 Å². The zero-order valence-electron chi connectivity index (χ0n) is 18.2. The van der Waals surface area contributed by atoms with Crippen molar-refractivity contribution in [2.75, 3.05) is 10.0 Å². The lowest BCUT2D eigenvalue weighted by Crippen LogP contribution is -2.19. The molecule has 4 aromatic rings. The molecule has 10 heteroatoms. The molecule has 4 rings (SSSR count). The minimum absolute atomic E-state index is 0.222. The third kappa shape index (κ3) is 5.13. The fraction of sp³-hybridized carbons (Fsp3) is 0.125. The van der Waals surface area contributed by atoms with Gasteiger partial charge in [0.1, 0.15) is 11.7 Å². The molecule has 3 N–H and O–H groups in total. The summed E-state index contributed by atoms with van der Waals surface area (Å²) in [4.78, 5) is 20.2. The van der Waals surface area contributed by atoms with Crippen molar-refractivity contribution in [3.63, 3.8) is 0 Å². The summed E-state index contributed by atoms with van der Waals surface area (Å²) in [5.41, 5.74) is 9.47. The van der Waals surface area contributed by atoms with Crippen molar-refractivity contribution in [3.05, 3.63) is 96.2 Å². The minimum Gasteiger partial charge on any atom is -0.755 e. The van der Waals surface area contributed by atoms with Crippen LogP contribution in [0.5, 0.6) is 0 Å². The van der Waals surface area contributed by atoms with Crippen LogP contribution in [0.15, 0.2) is 79.4 Å². The number of nitrogen functional groups attached to an aromatic ring is 1. The topological polar surface area (TPSA) is 137 Å². The maximum Gasteiger partial charge on any atom is 0.312 e. The number of carboxylic acids is 1. The first-order valence-corrected chi connectivity index (χ1v) is 11.4. The molecule has 0 aliphatic rings. The lowest BCUT2D eigenvalue weighted by atomic mass is 9.98. The van der Waals surface area contributed by atoms with Crippen LogP contribution in [0.25, 0.3) is 5.69 Å². The first kappa shape index (κ1) is 23.1. The van der Waals surface area contributed by atoms with Gasteiger partial charge in [-0.25, -0.2) is 9.97 Å². The van der Waals surface area contributed by atoms with Crippen LogP contribution in [0.4, 0.5) is 17.2 Å². The molecule has 0 amide bonds. The number of anilines is 3. The summed E-state index contributed by atoms with van der Waals surface area (Å²) in [6, 6.07) is 17.4. The predicted octanol–water partition coefficient (Wildman–Crippen LogP) is 3.50. The van der Waals surface area contributed by atoms with Gasteiger partial charge in [0.25, 0.3) is 0 Å². The van der Waals surface area contributed by atoms with Crippen molar-refractivity contribution >= 4 is 34.4 Å². The van der Waals surface area contributed by atoms with Crippen molar-refractivity contribution in [3.8, 4) is 5.69 Å². The molecule has 0 saturated heterocycles. The smallest absolute Gasteiger partial charge is 0.312 e. The van der Waals surface area contributed by atoms with Crippen molar-refractivity contribution < 1.29 is 18.7 Å². The van der Waals surface area contributed by atoms with Crippen LogP contribution in [0.3, 0.4) is 0 Å². The number of nitrogens with two attached hydrogens (primary N) is 1. The van der Waals surface area contributed by atoms with Crippen molar-refractivity contribution in [2.24, 2.45) is 0 Å². The number of carboxylic acid groups (broad SMARTS) is 1. The van der Waals surface area contributed by atoms with Crippen molar-refractivity contribution in [1.82, 2.24) is 14.5 Å². The molecular weight excluding hydrogens is 454 g/mol. The number of rotatable bonds is 8. The second-order valence-corrected chi connectivity index (χ2v) is 8.55. The fourth-order valence-electron chi connectivity index (χ4n) is 3.53. The van der Waals surface area contributed by atoms with Crippen LogP contribution < -0.4 is 10.0 Å². The Balaban J connectivity index is 1.57. The molecule has 0 aliphatic carbocycles. The van der Waals surface area contributed by atoms with Crippen LogP contribution in [-0.2, 0) is 22.5 Å². The number of aliphatic carboxylic acids is 1. The van der Waals surface area contributed by atoms with E-state index in [-0.39, 0.29) is 6.42 Å². The second-order valence-electron chi connectivity index (χ2n) is 7.76. The van der Waals surface area contributed by atoms with Gasteiger partial charge in [0.15, 0.2) is 0 Å². The van der Waals surface area contributed by atoms with Crippen LogP contribution in [-0.4, -0.2) is 34.4 Å². The van der Waals surface area contributed by atoms with E-state index in [0.717, 1.165) is 11.1 Å². The highest BCUT2D eigenvalue weighted by Crippen LogP contribution is 2.28. The number of imidazole rings is 1. The molecule has 0 saturated carbocycles. The molecule has 174 valence electrons. The summed E-state index contributed by atoms with van der Waals surface area (Å²) in [6.07, 6.45) is 4.97. The Morgan fingerprint density at radius 3 is 2.29 bits per heavy atom. The highest BCUT2D eigenvalue weighted by Gasteiger charge is 2.23. The molecule has 9 nitrogen and oxygen atoms in total. The van der Waals surface area contributed by atoms with Gasteiger partial charge in [-0.15, -0.1) is 0 Å². The second kappa shape index (κ2) is 9.86. The number of carbonyl (C=O) groups is 1. The molecule has 2 atom stereocenters. The van der Waals surface area contributed by atoms with Gasteiger partial charge in [-0.1, -0.05) is 23.8 Å². The van der Waals surface area contributed by atoms with Crippen LogP contribution in [0, 0.1) is 6.92 Å². The molecule has 2 unspecified atom stereocenters. The van der Waals surface area contributed by atoms with E-state index in [1.807, 2.05) is 19.1 Å². The summed E-state index contributed by atoms with van der Waals surface area (Å²) >= 11 is -2.51.